The third kappa shape index (κ3) is 3.08. The lowest BCUT2D eigenvalue weighted by atomic mass is 10.1. The van der Waals surface area contributed by atoms with Gasteiger partial charge >= 0.3 is 0 Å². The molecule has 0 aliphatic heterocycles. The van der Waals surface area contributed by atoms with Gasteiger partial charge in [-0.3, -0.25) is 4.79 Å². The fourth-order valence-corrected chi connectivity index (χ4v) is 2.25. The van der Waals surface area contributed by atoms with Crippen LogP contribution >= 0.6 is 11.8 Å². The first-order valence-electron chi connectivity index (χ1n) is 6.05. The normalized spacial score (nSPS) is 10.2. The molecule has 0 fully saturated rings. The van der Waals surface area contributed by atoms with Gasteiger partial charge in [0.25, 0.3) is 5.91 Å². The number of ether oxygens (including phenoxy) is 2. The Balaban J connectivity index is 2.71. The first kappa shape index (κ1) is 15.1. The second-order valence-electron chi connectivity index (χ2n) is 4.03. The van der Waals surface area contributed by atoms with Gasteiger partial charge < -0.3 is 15.2 Å². The quantitative estimate of drug-likeness (QED) is 0.671. The maximum Gasteiger partial charge on any atom is 0.267 e. The molecule has 0 radical (unpaired) electrons. The summed E-state index contributed by atoms with van der Waals surface area (Å²) in [5, 5.41) is 0.453. The molecule has 21 heavy (non-hydrogen) atoms. The van der Waals surface area contributed by atoms with E-state index in [-0.39, 0.29) is 5.69 Å². The Labute approximate surface area is 126 Å². The van der Waals surface area contributed by atoms with Gasteiger partial charge in [0, 0.05) is 0 Å². The number of nitrogens with zero attached hydrogens (tertiary/aromatic N) is 2. The number of aromatic nitrogens is 2. The highest BCUT2D eigenvalue weighted by atomic mass is 32.2. The van der Waals surface area contributed by atoms with Crippen LogP contribution in [0.4, 0.5) is 0 Å². The van der Waals surface area contributed by atoms with Crippen molar-refractivity contribution in [2.75, 3.05) is 20.5 Å². The summed E-state index contributed by atoms with van der Waals surface area (Å²) in [5.74, 6) is 0.578. The van der Waals surface area contributed by atoms with Crippen LogP contribution in [0.25, 0.3) is 11.3 Å². The topological polar surface area (TPSA) is 87.3 Å². The van der Waals surface area contributed by atoms with E-state index in [4.69, 9.17) is 15.2 Å². The number of methoxy groups -OCH3 is 2. The Morgan fingerprint density at radius 3 is 2.29 bits per heavy atom. The molecule has 6 nitrogen and oxygen atoms in total. The summed E-state index contributed by atoms with van der Waals surface area (Å²) in [4.78, 5) is 19.9. The highest BCUT2D eigenvalue weighted by Crippen LogP contribution is 2.37. The molecular weight excluding hydrogens is 290 g/mol. The molecule has 0 aliphatic rings. The minimum absolute atomic E-state index is 0.150. The van der Waals surface area contributed by atoms with Crippen LogP contribution in [0.15, 0.2) is 29.4 Å². The molecule has 0 saturated heterocycles. The third-order valence-corrected chi connectivity index (χ3v) is 3.37. The molecule has 1 aromatic carbocycles. The molecule has 1 aromatic heterocycles. The number of thioether (sulfide) groups is 1. The summed E-state index contributed by atoms with van der Waals surface area (Å²) in [5.41, 5.74) is 6.66. The number of primary amides is 1. The molecule has 0 saturated carbocycles. The molecule has 7 heteroatoms. The molecule has 0 atom stereocenters. The van der Waals surface area contributed by atoms with E-state index < -0.39 is 5.91 Å². The standard InChI is InChI=1S/C14H15N3O3S/c1-19-10-5-4-6-11(20-2)12(10)8-7-9(13(15)18)17-14(16-8)21-3/h4-7H,1-3H3,(H2,15,18). The molecule has 0 bridgehead atoms. The molecule has 110 valence electrons. The fourth-order valence-electron chi connectivity index (χ4n) is 1.87. The Morgan fingerprint density at radius 2 is 1.81 bits per heavy atom. The Morgan fingerprint density at radius 1 is 1.19 bits per heavy atom. The van der Waals surface area contributed by atoms with E-state index in [0.29, 0.717) is 27.9 Å². The van der Waals surface area contributed by atoms with E-state index in [0.717, 1.165) is 0 Å². The van der Waals surface area contributed by atoms with Gasteiger partial charge in [0.2, 0.25) is 0 Å². The average molecular weight is 305 g/mol. The summed E-state index contributed by atoms with van der Waals surface area (Å²) in [6.45, 7) is 0. The maximum atomic E-state index is 11.4. The van der Waals surface area contributed by atoms with Crippen LogP contribution in [0.3, 0.4) is 0 Å². The van der Waals surface area contributed by atoms with Crippen molar-refractivity contribution in [3.8, 4) is 22.8 Å². The zero-order valence-corrected chi connectivity index (χ0v) is 12.7. The zero-order chi connectivity index (χ0) is 15.4. The molecule has 0 aliphatic carbocycles. The van der Waals surface area contributed by atoms with E-state index >= 15 is 0 Å². The van der Waals surface area contributed by atoms with E-state index in [1.54, 1.807) is 26.4 Å². The smallest absolute Gasteiger partial charge is 0.267 e. The van der Waals surface area contributed by atoms with Gasteiger partial charge in [-0.1, -0.05) is 17.8 Å². The van der Waals surface area contributed by atoms with Crippen molar-refractivity contribution in [1.82, 2.24) is 9.97 Å². The highest BCUT2D eigenvalue weighted by molar-refractivity contribution is 7.98. The highest BCUT2D eigenvalue weighted by Gasteiger charge is 2.17. The van der Waals surface area contributed by atoms with E-state index in [1.165, 1.54) is 17.8 Å². The van der Waals surface area contributed by atoms with Crippen molar-refractivity contribution < 1.29 is 14.3 Å². The molecular formula is C14H15N3O3S. The van der Waals surface area contributed by atoms with E-state index in [1.807, 2.05) is 12.3 Å². The summed E-state index contributed by atoms with van der Waals surface area (Å²) in [7, 11) is 3.12. The summed E-state index contributed by atoms with van der Waals surface area (Å²) < 4.78 is 10.7. The van der Waals surface area contributed by atoms with Crippen molar-refractivity contribution in [2.24, 2.45) is 5.73 Å². The monoisotopic (exact) mass is 305 g/mol. The van der Waals surface area contributed by atoms with Crippen LogP contribution < -0.4 is 15.2 Å². The number of nitrogens with two attached hydrogens (primary N) is 1. The van der Waals surface area contributed by atoms with Crippen LogP contribution in [0.2, 0.25) is 0 Å². The first-order valence-corrected chi connectivity index (χ1v) is 7.27. The van der Waals surface area contributed by atoms with Crippen LogP contribution in [-0.2, 0) is 0 Å². The molecule has 0 unspecified atom stereocenters. The molecule has 2 N–H and O–H groups in total. The largest absolute Gasteiger partial charge is 0.496 e. The number of rotatable bonds is 5. The zero-order valence-electron chi connectivity index (χ0n) is 11.9. The molecule has 2 rings (SSSR count). The van der Waals surface area contributed by atoms with Gasteiger partial charge in [0.05, 0.1) is 25.5 Å². The van der Waals surface area contributed by atoms with Crippen molar-refractivity contribution in [3.63, 3.8) is 0 Å². The van der Waals surface area contributed by atoms with Crippen molar-refractivity contribution in [1.29, 1.82) is 0 Å². The number of hydrogen-bond donors (Lipinski definition) is 1. The predicted octanol–water partition coefficient (Wildman–Crippen LogP) is 1.98. The molecule has 1 heterocycles. The van der Waals surface area contributed by atoms with Crippen LogP contribution in [0, 0.1) is 0 Å². The van der Waals surface area contributed by atoms with Crippen LogP contribution in [0.5, 0.6) is 11.5 Å². The minimum Gasteiger partial charge on any atom is -0.496 e. The van der Waals surface area contributed by atoms with Gasteiger partial charge in [-0.05, 0) is 24.5 Å². The lowest BCUT2D eigenvalue weighted by Gasteiger charge is -2.13. The molecule has 1 amide bonds. The van der Waals surface area contributed by atoms with Gasteiger partial charge in [-0.25, -0.2) is 9.97 Å². The third-order valence-electron chi connectivity index (χ3n) is 2.82. The number of benzene rings is 1. The van der Waals surface area contributed by atoms with E-state index in [9.17, 15) is 4.79 Å². The average Bonchev–Trinajstić information content (AvgIpc) is 2.53. The fraction of sp³-hybridized carbons (Fsp3) is 0.214. The Kier molecular flexibility index (Phi) is 4.64. The Hall–Kier alpha value is -2.28. The van der Waals surface area contributed by atoms with Crippen LogP contribution in [0.1, 0.15) is 10.5 Å². The second-order valence-corrected chi connectivity index (χ2v) is 4.80. The first-order chi connectivity index (χ1) is 10.1. The number of carbonyl (C=O) groups excluding carboxylic acids is 1. The minimum atomic E-state index is -0.609. The summed E-state index contributed by atoms with van der Waals surface area (Å²) in [6.07, 6.45) is 1.82. The van der Waals surface area contributed by atoms with Gasteiger partial charge in [-0.2, -0.15) is 0 Å². The van der Waals surface area contributed by atoms with Crippen molar-refractivity contribution >= 4 is 17.7 Å². The predicted molar refractivity (Wildman–Crippen MR) is 80.9 cm³/mol. The Bertz CT molecular complexity index is 654. The number of amides is 1. The van der Waals surface area contributed by atoms with Crippen LogP contribution in [-0.4, -0.2) is 36.4 Å². The summed E-state index contributed by atoms with van der Waals surface area (Å²) in [6, 6.07) is 6.93. The van der Waals surface area contributed by atoms with Crippen molar-refractivity contribution in [3.05, 3.63) is 30.0 Å². The lowest BCUT2D eigenvalue weighted by Crippen LogP contribution is -2.14. The lowest BCUT2D eigenvalue weighted by molar-refractivity contribution is 0.0994. The van der Waals surface area contributed by atoms with E-state index in [2.05, 4.69) is 9.97 Å². The molecule has 2 aromatic rings. The molecule has 0 spiro atoms. The van der Waals surface area contributed by atoms with Gasteiger partial charge in [0.1, 0.15) is 17.2 Å². The van der Waals surface area contributed by atoms with Crippen molar-refractivity contribution in [2.45, 2.75) is 5.16 Å². The summed E-state index contributed by atoms with van der Waals surface area (Å²) >= 11 is 1.32. The van der Waals surface area contributed by atoms with Gasteiger partial charge in [0.15, 0.2) is 5.16 Å². The second kappa shape index (κ2) is 6.45. The number of hydrogen-bond acceptors (Lipinski definition) is 6. The SMILES string of the molecule is COc1cccc(OC)c1-c1cc(C(N)=O)nc(SC)n1. The van der Waals surface area contributed by atoms with Gasteiger partial charge in [-0.15, -0.1) is 0 Å². The maximum absolute atomic E-state index is 11.4. The number of carbonyl (C=O) groups is 1.